The minimum atomic E-state index is -4.73. The van der Waals surface area contributed by atoms with E-state index in [1.165, 1.54) is 6.07 Å². The van der Waals surface area contributed by atoms with Crippen LogP contribution in [0.4, 0.5) is 13.2 Å². The Morgan fingerprint density at radius 2 is 1.81 bits per heavy atom. The largest absolute Gasteiger partial charge is 0.467 e. The quantitative estimate of drug-likeness (QED) is 0.741. The molecule has 0 saturated heterocycles. The molecule has 26 heavy (non-hydrogen) atoms. The first-order chi connectivity index (χ1) is 12.1. The highest BCUT2D eigenvalue weighted by Crippen LogP contribution is 2.32. The maximum Gasteiger partial charge on any atom is 0.417 e. The molecule has 0 aliphatic carbocycles. The van der Waals surface area contributed by atoms with E-state index in [0.29, 0.717) is 6.42 Å². The van der Waals surface area contributed by atoms with Crippen LogP contribution in [0, 0.1) is 5.92 Å². The molecule has 9 heteroatoms. The van der Waals surface area contributed by atoms with Crippen molar-refractivity contribution in [3.63, 3.8) is 0 Å². The van der Waals surface area contributed by atoms with Gasteiger partial charge in [0.1, 0.15) is 6.04 Å². The summed E-state index contributed by atoms with van der Waals surface area (Å²) in [7, 11) is 1.16. The Bertz CT molecular complexity index is 660. The van der Waals surface area contributed by atoms with Crippen LogP contribution in [-0.4, -0.2) is 37.6 Å². The van der Waals surface area contributed by atoms with Crippen LogP contribution in [0.25, 0.3) is 0 Å². The van der Waals surface area contributed by atoms with Gasteiger partial charge in [0.15, 0.2) is 6.61 Å². The van der Waals surface area contributed by atoms with Crippen molar-refractivity contribution >= 4 is 17.8 Å². The van der Waals surface area contributed by atoms with Crippen LogP contribution in [0.15, 0.2) is 24.3 Å². The molecule has 0 heterocycles. The molecule has 2 atom stereocenters. The van der Waals surface area contributed by atoms with Crippen LogP contribution in [0.2, 0.25) is 0 Å². The highest BCUT2D eigenvalue weighted by Gasteiger charge is 2.35. The highest BCUT2D eigenvalue weighted by molar-refractivity contribution is 5.93. The second-order valence-electron chi connectivity index (χ2n) is 5.57. The lowest BCUT2D eigenvalue weighted by atomic mass is 9.99. The number of rotatable bonds is 7. The molecule has 1 rings (SSSR count). The molecule has 0 unspecified atom stereocenters. The van der Waals surface area contributed by atoms with Crippen molar-refractivity contribution in [3.05, 3.63) is 35.4 Å². The van der Waals surface area contributed by atoms with Crippen LogP contribution >= 0.6 is 0 Å². The number of alkyl halides is 3. The zero-order valence-corrected chi connectivity index (χ0v) is 14.6. The summed E-state index contributed by atoms with van der Waals surface area (Å²) >= 11 is 0. The number of methoxy groups -OCH3 is 1. The van der Waals surface area contributed by atoms with Gasteiger partial charge in [0.2, 0.25) is 0 Å². The van der Waals surface area contributed by atoms with E-state index in [0.717, 1.165) is 25.3 Å². The molecule has 1 aromatic carbocycles. The minimum Gasteiger partial charge on any atom is -0.467 e. The average Bonchev–Trinajstić information content (AvgIpc) is 2.62. The molecular formula is C17H20F3NO5. The zero-order valence-electron chi connectivity index (χ0n) is 14.6. The Hall–Kier alpha value is -2.58. The third-order valence-corrected chi connectivity index (χ3v) is 3.77. The Morgan fingerprint density at radius 1 is 1.19 bits per heavy atom. The van der Waals surface area contributed by atoms with E-state index in [1.807, 2.05) is 0 Å². The molecule has 0 aromatic heterocycles. The summed E-state index contributed by atoms with van der Waals surface area (Å²) in [5, 5.41) is 2.36. The molecule has 144 valence electrons. The summed E-state index contributed by atoms with van der Waals surface area (Å²) in [6, 6.07) is 3.15. The van der Waals surface area contributed by atoms with E-state index in [4.69, 9.17) is 0 Å². The number of carbonyl (C=O) groups excluding carboxylic acids is 3. The van der Waals surface area contributed by atoms with E-state index in [2.05, 4.69) is 14.8 Å². The summed E-state index contributed by atoms with van der Waals surface area (Å²) in [5.74, 6) is -3.01. The second-order valence-corrected chi connectivity index (χ2v) is 5.57. The SMILES string of the molecule is CC[C@@H](C)[C@@H](NC(=O)COC(=O)c1ccccc1C(F)(F)F)C(=O)OC. The topological polar surface area (TPSA) is 81.7 Å². The fourth-order valence-electron chi connectivity index (χ4n) is 2.13. The number of halogens is 3. The third-order valence-electron chi connectivity index (χ3n) is 3.77. The lowest BCUT2D eigenvalue weighted by Gasteiger charge is -2.21. The molecule has 0 saturated carbocycles. The number of hydrogen-bond acceptors (Lipinski definition) is 5. The third kappa shape index (κ3) is 5.75. The van der Waals surface area contributed by atoms with Crippen LogP contribution in [0.5, 0.6) is 0 Å². The Labute approximate surface area is 148 Å². The van der Waals surface area contributed by atoms with Crippen molar-refractivity contribution in [2.45, 2.75) is 32.5 Å². The molecule has 0 fully saturated rings. The fourth-order valence-corrected chi connectivity index (χ4v) is 2.13. The highest BCUT2D eigenvalue weighted by atomic mass is 19.4. The standard InChI is InChI=1S/C17H20F3NO5/c1-4-10(2)14(16(24)25-3)21-13(22)9-26-15(23)11-7-5-6-8-12(11)17(18,19)20/h5-8,10,14H,4,9H2,1-3H3,(H,21,22)/t10-,14-/m1/s1. The number of amides is 1. The van der Waals surface area contributed by atoms with Gasteiger partial charge in [-0.05, 0) is 18.1 Å². The summed E-state index contributed by atoms with van der Waals surface area (Å²) in [6.07, 6.45) is -4.16. The van der Waals surface area contributed by atoms with Crippen LogP contribution in [0.1, 0.15) is 36.2 Å². The van der Waals surface area contributed by atoms with Crippen molar-refractivity contribution < 1.29 is 37.0 Å². The summed E-state index contributed by atoms with van der Waals surface area (Å²) in [4.78, 5) is 35.5. The van der Waals surface area contributed by atoms with Gasteiger partial charge in [0.05, 0.1) is 18.2 Å². The number of esters is 2. The lowest BCUT2D eigenvalue weighted by molar-refractivity contribution is -0.147. The van der Waals surface area contributed by atoms with Gasteiger partial charge in [-0.15, -0.1) is 0 Å². The molecular weight excluding hydrogens is 355 g/mol. The van der Waals surface area contributed by atoms with Gasteiger partial charge >= 0.3 is 18.1 Å². The normalized spacial score (nSPS) is 13.5. The van der Waals surface area contributed by atoms with E-state index in [-0.39, 0.29) is 5.92 Å². The molecule has 0 bridgehead atoms. The lowest BCUT2D eigenvalue weighted by Crippen LogP contribution is -2.47. The van der Waals surface area contributed by atoms with E-state index < -0.39 is 47.8 Å². The predicted octanol–water partition coefficient (Wildman–Crippen LogP) is 2.57. The van der Waals surface area contributed by atoms with Gasteiger partial charge in [0, 0.05) is 0 Å². The first kappa shape index (κ1) is 21.5. The number of hydrogen-bond donors (Lipinski definition) is 1. The minimum absolute atomic E-state index is 0.243. The summed E-state index contributed by atoms with van der Waals surface area (Å²) in [5.41, 5.74) is -1.85. The molecule has 6 nitrogen and oxygen atoms in total. The number of carbonyl (C=O) groups is 3. The Balaban J connectivity index is 2.76. The maximum absolute atomic E-state index is 12.9. The number of ether oxygens (including phenoxy) is 2. The predicted molar refractivity (Wildman–Crippen MR) is 85.1 cm³/mol. The van der Waals surface area contributed by atoms with Crippen molar-refractivity contribution in [1.82, 2.24) is 5.32 Å². The van der Waals surface area contributed by atoms with Crippen LogP contribution in [0.3, 0.4) is 0 Å². The number of benzene rings is 1. The fraction of sp³-hybridized carbons (Fsp3) is 0.471. The monoisotopic (exact) mass is 375 g/mol. The van der Waals surface area contributed by atoms with Gasteiger partial charge in [0.25, 0.3) is 5.91 Å². The van der Waals surface area contributed by atoms with Gasteiger partial charge in [-0.25, -0.2) is 9.59 Å². The molecule has 0 radical (unpaired) electrons. The molecule has 1 amide bonds. The molecule has 1 N–H and O–H groups in total. The van der Waals surface area contributed by atoms with Gasteiger partial charge in [-0.2, -0.15) is 13.2 Å². The van der Waals surface area contributed by atoms with Crippen molar-refractivity contribution in [1.29, 1.82) is 0 Å². The van der Waals surface area contributed by atoms with E-state index >= 15 is 0 Å². The molecule has 1 aromatic rings. The first-order valence-electron chi connectivity index (χ1n) is 7.82. The van der Waals surface area contributed by atoms with E-state index in [1.54, 1.807) is 13.8 Å². The van der Waals surface area contributed by atoms with Gasteiger partial charge < -0.3 is 14.8 Å². The first-order valence-corrected chi connectivity index (χ1v) is 7.82. The summed E-state index contributed by atoms with van der Waals surface area (Å²) in [6.45, 7) is 2.70. The molecule has 0 aliphatic heterocycles. The zero-order chi connectivity index (χ0) is 19.9. The smallest absolute Gasteiger partial charge is 0.417 e. The average molecular weight is 375 g/mol. The summed E-state index contributed by atoms with van der Waals surface area (Å²) < 4.78 is 47.9. The van der Waals surface area contributed by atoms with Crippen molar-refractivity contribution in [2.75, 3.05) is 13.7 Å². The van der Waals surface area contributed by atoms with Gasteiger partial charge in [-0.3, -0.25) is 4.79 Å². The Kier molecular flexibility index (Phi) is 7.60. The van der Waals surface area contributed by atoms with E-state index in [9.17, 15) is 27.6 Å². The Morgan fingerprint density at radius 3 is 2.35 bits per heavy atom. The second kappa shape index (κ2) is 9.21. The van der Waals surface area contributed by atoms with Crippen molar-refractivity contribution in [2.24, 2.45) is 5.92 Å². The maximum atomic E-state index is 12.9. The van der Waals surface area contributed by atoms with Crippen molar-refractivity contribution in [3.8, 4) is 0 Å². The molecule has 0 aliphatic rings. The molecule has 0 spiro atoms. The number of nitrogens with one attached hydrogen (secondary N) is 1. The van der Waals surface area contributed by atoms with Crippen LogP contribution in [-0.2, 0) is 25.2 Å². The van der Waals surface area contributed by atoms with Crippen LogP contribution < -0.4 is 5.32 Å². The van der Waals surface area contributed by atoms with Gasteiger partial charge in [-0.1, -0.05) is 32.4 Å².